The monoisotopic (exact) mass is 290 g/mol. The summed E-state index contributed by atoms with van der Waals surface area (Å²) in [6, 6.07) is 4.76. The van der Waals surface area contributed by atoms with Crippen LogP contribution in [0.1, 0.15) is 44.5 Å². The summed E-state index contributed by atoms with van der Waals surface area (Å²) in [5.41, 5.74) is 11.4. The van der Waals surface area contributed by atoms with Crippen LogP contribution in [-0.2, 0) is 0 Å². The van der Waals surface area contributed by atoms with Crippen molar-refractivity contribution < 1.29 is 0 Å². The Balaban J connectivity index is 2.68. The molecule has 0 saturated heterocycles. The molecule has 0 aliphatic rings. The summed E-state index contributed by atoms with van der Waals surface area (Å²) in [4.78, 5) is 0. The van der Waals surface area contributed by atoms with Gasteiger partial charge in [0.05, 0.1) is 0 Å². The smallest absolute Gasteiger partial charge is 0.0113 e. The fourth-order valence-corrected chi connectivity index (χ4v) is 4.01. The van der Waals surface area contributed by atoms with Gasteiger partial charge in [-0.05, 0) is 128 Å². The lowest BCUT2D eigenvalue weighted by Gasteiger charge is -2.20. The molecule has 0 N–H and O–H groups in total. The normalized spacial score (nSPS) is 11.6. The third-order valence-corrected chi connectivity index (χ3v) is 5.98. The molecule has 0 heteroatoms. The van der Waals surface area contributed by atoms with Crippen molar-refractivity contribution >= 4 is 21.5 Å². The Kier molecular flexibility index (Phi) is 3.32. The van der Waals surface area contributed by atoms with E-state index in [1.807, 2.05) is 0 Å². The van der Waals surface area contributed by atoms with Gasteiger partial charge in [-0.3, -0.25) is 0 Å². The highest BCUT2D eigenvalue weighted by molar-refractivity contribution is 6.07. The van der Waals surface area contributed by atoms with E-state index in [0.717, 1.165) is 0 Å². The predicted molar refractivity (Wildman–Crippen MR) is 99.4 cm³/mol. The van der Waals surface area contributed by atoms with E-state index >= 15 is 0 Å². The van der Waals surface area contributed by atoms with Gasteiger partial charge >= 0.3 is 0 Å². The number of hydrogen-bond acceptors (Lipinski definition) is 0. The van der Waals surface area contributed by atoms with Gasteiger partial charge in [-0.1, -0.05) is 6.07 Å². The summed E-state index contributed by atoms with van der Waals surface area (Å²) >= 11 is 0. The van der Waals surface area contributed by atoms with E-state index in [-0.39, 0.29) is 0 Å². The van der Waals surface area contributed by atoms with E-state index in [4.69, 9.17) is 0 Å². The Labute approximate surface area is 134 Å². The molecule has 0 unspecified atom stereocenters. The van der Waals surface area contributed by atoms with E-state index in [0.29, 0.717) is 0 Å². The lowest BCUT2D eigenvalue weighted by molar-refractivity contribution is 1.24. The minimum Gasteiger partial charge on any atom is -0.0511 e. The van der Waals surface area contributed by atoms with Crippen molar-refractivity contribution in [1.29, 1.82) is 0 Å². The maximum absolute atomic E-state index is 2.41. The first-order valence-electron chi connectivity index (χ1n) is 8.15. The maximum atomic E-state index is 2.41. The van der Waals surface area contributed by atoms with Gasteiger partial charge in [-0.25, -0.2) is 0 Å². The minimum atomic E-state index is 1.39. The summed E-state index contributed by atoms with van der Waals surface area (Å²) in [6.45, 7) is 18.1. The minimum absolute atomic E-state index is 1.39. The lowest BCUT2D eigenvalue weighted by atomic mass is 9.85. The summed E-state index contributed by atoms with van der Waals surface area (Å²) in [5, 5.41) is 5.71. The molecule has 0 fully saturated rings. The fourth-order valence-electron chi connectivity index (χ4n) is 4.01. The molecule has 3 aromatic carbocycles. The van der Waals surface area contributed by atoms with Gasteiger partial charge < -0.3 is 0 Å². The van der Waals surface area contributed by atoms with Crippen LogP contribution in [-0.4, -0.2) is 0 Å². The van der Waals surface area contributed by atoms with E-state index in [1.54, 1.807) is 0 Å². The average Bonchev–Trinajstić information content (AvgIpc) is 2.48. The second kappa shape index (κ2) is 4.84. The molecule has 0 nitrogen and oxygen atoms in total. The van der Waals surface area contributed by atoms with Crippen LogP contribution in [0.25, 0.3) is 21.5 Å². The van der Waals surface area contributed by atoms with Crippen molar-refractivity contribution in [1.82, 2.24) is 0 Å². The van der Waals surface area contributed by atoms with Gasteiger partial charge in [0.25, 0.3) is 0 Å². The molecular formula is C22H26. The molecule has 0 atom stereocenters. The quantitative estimate of drug-likeness (QED) is 0.417. The highest BCUT2D eigenvalue weighted by Gasteiger charge is 2.15. The van der Waals surface area contributed by atoms with Crippen molar-refractivity contribution in [2.75, 3.05) is 0 Å². The van der Waals surface area contributed by atoms with Gasteiger partial charge in [0.2, 0.25) is 0 Å². The van der Waals surface area contributed by atoms with Gasteiger partial charge in [0.15, 0.2) is 0 Å². The van der Waals surface area contributed by atoms with Crippen molar-refractivity contribution in [3.05, 3.63) is 56.6 Å². The van der Waals surface area contributed by atoms with Crippen LogP contribution >= 0.6 is 0 Å². The second-order valence-electron chi connectivity index (χ2n) is 6.97. The molecule has 0 spiro atoms. The van der Waals surface area contributed by atoms with Gasteiger partial charge in [0, 0.05) is 0 Å². The first kappa shape index (κ1) is 15.1. The first-order valence-corrected chi connectivity index (χ1v) is 8.15. The van der Waals surface area contributed by atoms with Crippen LogP contribution in [0.15, 0.2) is 12.1 Å². The fraction of sp³-hybridized carbons (Fsp3) is 0.364. The Morgan fingerprint density at radius 1 is 0.455 bits per heavy atom. The number of benzene rings is 3. The summed E-state index contributed by atoms with van der Waals surface area (Å²) < 4.78 is 0. The molecule has 0 radical (unpaired) electrons. The lowest BCUT2D eigenvalue weighted by Crippen LogP contribution is -1.98. The topological polar surface area (TPSA) is 0 Å². The molecular weight excluding hydrogens is 264 g/mol. The van der Waals surface area contributed by atoms with Crippen LogP contribution in [0.4, 0.5) is 0 Å². The first-order chi connectivity index (χ1) is 10.3. The summed E-state index contributed by atoms with van der Waals surface area (Å²) in [5.74, 6) is 0. The largest absolute Gasteiger partial charge is 0.0511 e. The van der Waals surface area contributed by atoms with Crippen molar-refractivity contribution in [2.24, 2.45) is 0 Å². The Bertz CT molecular complexity index is 940. The molecule has 114 valence electrons. The van der Waals surface area contributed by atoms with E-state index in [2.05, 4.69) is 67.5 Å². The van der Waals surface area contributed by atoms with Gasteiger partial charge in [0.1, 0.15) is 0 Å². The van der Waals surface area contributed by atoms with Crippen LogP contribution in [0, 0.1) is 55.4 Å². The summed E-state index contributed by atoms with van der Waals surface area (Å²) in [6.07, 6.45) is 0. The average molecular weight is 290 g/mol. The Morgan fingerprint density at radius 2 is 1.00 bits per heavy atom. The SMILES string of the molecule is Cc1cc2cc3c(C)c(C)c(C)c(C)c3c(C)c2c(C)c1C. The third kappa shape index (κ3) is 1.83. The van der Waals surface area contributed by atoms with Crippen LogP contribution in [0.5, 0.6) is 0 Å². The van der Waals surface area contributed by atoms with Crippen molar-refractivity contribution in [2.45, 2.75) is 55.4 Å². The van der Waals surface area contributed by atoms with E-state index in [9.17, 15) is 0 Å². The summed E-state index contributed by atoms with van der Waals surface area (Å²) in [7, 11) is 0. The van der Waals surface area contributed by atoms with Crippen LogP contribution < -0.4 is 0 Å². The van der Waals surface area contributed by atoms with Crippen LogP contribution in [0.3, 0.4) is 0 Å². The second-order valence-corrected chi connectivity index (χ2v) is 6.97. The number of rotatable bonds is 0. The number of fused-ring (bicyclic) bond motifs is 2. The molecule has 0 heterocycles. The molecule has 0 aliphatic carbocycles. The zero-order valence-electron chi connectivity index (χ0n) is 15.2. The predicted octanol–water partition coefficient (Wildman–Crippen LogP) is 6.46. The zero-order valence-corrected chi connectivity index (χ0v) is 15.2. The highest BCUT2D eigenvalue weighted by Crippen LogP contribution is 2.38. The van der Waals surface area contributed by atoms with Gasteiger partial charge in [-0.15, -0.1) is 0 Å². The van der Waals surface area contributed by atoms with E-state index < -0.39 is 0 Å². The van der Waals surface area contributed by atoms with Gasteiger partial charge in [-0.2, -0.15) is 0 Å². The zero-order chi connectivity index (χ0) is 16.3. The standard InChI is InChI=1S/C22H26/c1-11-9-19-10-20-15(5)13(3)14(4)17(7)22(20)18(8)21(19)16(6)12(11)2/h9-10H,1-8H3. The molecule has 0 aliphatic heterocycles. The third-order valence-electron chi connectivity index (χ3n) is 5.98. The number of hydrogen-bond donors (Lipinski definition) is 0. The Morgan fingerprint density at radius 3 is 1.64 bits per heavy atom. The number of aryl methyl sites for hydroxylation is 5. The molecule has 0 bridgehead atoms. The molecule has 0 aromatic heterocycles. The molecule has 0 saturated carbocycles. The highest BCUT2D eigenvalue weighted by atomic mass is 14.2. The maximum Gasteiger partial charge on any atom is -0.0113 e. The molecule has 0 amide bonds. The molecule has 3 aromatic rings. The van der Waals surface area contributed by atoms with E-state index in [1.165, 1.54) is 66.1 Å². The molecule has 3 rings (SSSR count). The van der Waals surface area contributed by atoms with Crippen LogP contribution in [0.2, 0.25) is 0 Å². The van der Waals surface area contributed by atoms with Crippen molar-refractivity contribution in [3.8, 4) is 0 Å². The Hall–Kier alpha value is -1.82. The molecule has 22 heavy (non-hydrogen) atoms. The van der Waals surface area contributed by atoms with Crippen molar-refractivity contribution in [3.63, 3.8) is 0 Å².